The number of hydrogen-bond acceptors (Lipinski definition) is 4. The van der Waals surface area contributed by atoms with Gasteiger partial charge in [-0.1, -0.05) is 40.0 Å². The van der Waals surface area contributed by atoms with Gasteiger partial charge in [0.15, 0.2) is 5.96 Å². The Balaban J connectivity index is 0.00000338. The van der Waals surface area contributed by atoms with Crippen molar-refractivity contribution in [2.75, 3.05) is 27.2 Å². The van der Waals surface area contributed by atoms with Crippen LogP contribution in [-0.2, 0) is 12.0 Å². The Labute approximate surface area is 175 Å². The summed E-state index contributed by atoms with van der Waals surface area (Å²) in [4.78, 5) is 11.1. The number of aliphatic imine (C=N–C) groups is 1. The van der Waals surface area contributed by atoms with Crippen LogP contribution in [0, 0.1) is 0 Å². The van der Waals surface area contributed by atoms with Crippen molar-refractivity contribution in [1.29, 1.82) is 0 Å². The molecule has 7 heteroatoms. The average Bonchev–Trinajstić information content (AvgIpc) is 3.08. The molecule has 1 fully saturated rings. The van der Waals surface area contributed by atoms with Gasteiger partial charge >= 0.3 is 0 Å². The Hall–Kier alpha value is -0.830. The third-order valence-corrected chi connectivity index (χ3v) is 4.88. The second-order valence-corrected chi connectivity index (χ2v) is 7.99. The minimum atomic E-state index is -0.0190. The monoisotopic (exact) mass is 477 g/mol. The molecule has 2 N–H and O–H groups in total. The van der Waals surface area contributed by atoms with Gasteiger partial charge in [-0.25, -0.2) is 4.98 Å². The average molecular weight is 477 g/mol. The number of halogens is 1. The molecular formula is C19H36IN5O. The lowest BCUT2D eigenvalue weighted by atomic mass is 9.94. The summed E-state index contributed by atoms with van der Waals surface area (Å²) in [5, 5.41) is 6.64. The maximum atomic E-state index is 5.80. The van der Waals surface area contributed by atoms with E-state index < -0.39 is 0 Å². The van der Waals surface area contributed by atoms with E-state index in [-0.39, 0.29) is 29.4 Å². The van der Waals surface area contributed by atoms with Gasteiger partial charge in [-0.05, 0) is 19.9 Å². The van der Waals surface area contributed by atoms with Crippen LogP contribution in [0.15, 0.2) is 15.6 Å². The van der Waals surface area contributed by atoms with Crippen LogP contribution in [0.3, 0.4) is 0 Å². The summed E-state index contributed by atoms with van der Waals surface area (Å²) in [5.41, 5.74) is -0.0190. The molecule has 1 aliphatic rings. The maximum Gasteiger partial charge on any atom is 0.213 e. The number of nitrogens with one attached hydrogen (secondary N) is 2. The predicted molar refractivity (Wildman–Crippen MR) is 118 cm³/mol. The van der Waals surface area contributed by atoms with Crippen molar-refractivity contribution in [2.45, 2.75) is 70.9 Å². The topological polar surface area (TPSA) is 65.7 Å². The molecule has 1 aromatic heterocycles. The minimum absolute atomic E-state index is 0. The molecule has 1 saturated carbocycles. The Morgan fingerprint density at radius 1 is 1.27 bits per heavy atom. The Kier molecular flexibility index (Phi) is 9.92. The number of nitrogens with zero attached hydrogens (tertiary/aromatic N) is 3. The SMILES string of the molecule is CN=C(NCCN(C)C1CCCCC1)NCc1ncc(C(C)(C)C)o1.I. The second-order valence-electron chi connectivity index (χ2n) is 7.99. The van der Waals surface area contributed by atoms with Gasteiger partial charge in [0.25, 0.3) is 0 Å². The number of likely N-dealkylation sites (N-methyl/N-ethyl adjacent to an activating group) is 1. The van der Waals surface area contributed by atoms with Crippen molar-refractivity contribution in [2.24, 2.45) is 4.99 Å². The molecule has 0 radical (unpaired) electrons. The summed E-state index contributed by atoms with van der Waals surface area (Å²) in [6.07, 6.45) is 8.63. The van der Waals surface area contributed by atoms with Crippen LogP contribution in [0.5, 0.6) is 0 Å². The van der Waals surface area contributed by atoms with Crippen LogP contribution in [0.1, 0.15) is 64.5 Å². The van der Waals surface area contributed by atoms with Gasteiger partial charge in [0, 0.05) is 31.6 Å². The molecule has 0 bridgehead atoms. The first-order chi connectivity index (χ1) is 11.9. The van der Waals surface area contributed by atoms with Gasteiger partial charge in [0.05, 0.1) is 12.7 Å². The molecule has 1 heterocycles. The molecular weight excluding hydrogens is 441 g/mol. The predicted octanol–water partition coefficient (Wildman–Crippen LogP) is 3.52. The molecule has 0 amide bonds. The van der Waals surface area contributed by atoms with Crippen molar-refractivity contribution in [1.82, 2.24) is 20.5 Å². The fourth-order valence-corrected chi connectivity index (χ4v) is 3.17. The van der Waals surface area contributed by atoms with E-state index in [1.165, 1.54) is 32.1 Å². The van der Waals surface area contributed by atoms with E-state index in [1.807, 2.05) is 6.20 Å². The van der Waals surface area contributed by atoms with Crippen molar-refractivity contribution in [3.05, 3.63) is 17.8 Å². The Morgan fingerprint density at radius 2 is 1.96 bits per heavy atom. The number of guanidine groups is 1. The number of oxazole rings is 1. The molecule has 0 aromatic carbocycles. The van der Waals surface area contributed by atoms with Crippen molar-refractivity contribution < 1.29 is 4.42 Å². The molecule has 0 aliphatic heterocycles. The quantitative estimate of drug-likeness (QED) is 0.373. The maximum absolute atomic E-state index is 5.80. The van der Waals surface area contributed by atoms with Crippen LogP contribution in [0.25, 0.3) is 0 Å². The highest BCUT2D eigenvalue weighted by Gasteiger charge is 2.19. The van der Waals surface area contributed by atoms with Crippen LogP contribution in [-0.4, -0.2) is 49.1 Å². The van der Waals surface area contributed by atoms with Gasteiger partial charge in [0.1, 0.15) is 5.76 Å². The van der Waals surface area contributed by atoms with Crippen LogP contribution >= 0.6 is 24.0 Å². The standard InChI is InChI=1S/C19H35N5O.HI/c1-19(2,3)16-13-22-17(25-16)14-23-18(20-4)21-11-12-24(5)15-9-7-6-8-10-15;/h13,15H,6-12,14H2,1-5H3,(H2,20,21,23);1H. The summed E-state index contributed by atoms with van der Waals surface area (Å²) < 4.78 is 5.80. The van der Waals surface area contributed by atoms with Crippen molar-refractivity contribution >= 4 is 29.9 Å². The Morgan fingerprint density at radius 3 is 2.54 bits per heavy atom. The van der Waals surface area contributed by atoms with Gasteiger partial charge < -0.3 is 20.0 Å². The summed E-state index contributed by atoms with van der Waals surface area (Å²) in [5.74, 6) is 2.38. The molecule has 0 atom stereocenters. The van der Waals surface area contributed by atoms with Crippen LogP contribution < -0.4 is 10.6 Å². The molecule has 0 spiro atoms. The molecule has 0 saturated heterocycles. The minimum Gasteiger partial charge on any atom is -0.443 e. The first-order valence-electron chi connectivity index (χ1n) is 9.50. The first kappa shape index (κ1) is 23.2. The highest BCUT2D eigenvalue weighted by Crippen LogP contribution is 2.22. The molecule has 0 unspecified atom stereocenters. The van der Waals surface area contributed by atoms with Crippen molar-refractivity contribution in [3.8, 4) is 0 Å². The smallest absolute Gasteiger partial charge is 0.213 e. The van der Waals surface area contributed by atoms with E-state index in [0.29, 0.717) is 12.4 Å². The van der Waals surface area contributed by atoms with Gasteiger partial charge in [-0.2, -0.15) is 0 Å². The highest BCUT2D eigenvalue weighted by molar-refractivity contribution is 14.0. The molecule has 1 aliphatic carbocycles. The lowest BCUT2D eigenvalue weighted by Gasteiger charge is -2.31. The second kappa shape index (κ2) is 11.1. The van der Waals surface area contributed by atoms with Crippen molar-refractivity contribution in [3.63, 3.8) is 0 Å². The van der Waals surface area contributed by atoms with Crippen LogP contribution in [0.2, 0.25) is 0 Å². The molecule has 6 nitrogen and oxygen atoms in total. The fourth-order valence-electron chi connectivity index (χ4n) is 3.17. The zero-order valence-electron chi connectivity index (χ0n) is 17.0. The zero-order valence-corrected chi connectivity index (χ0v) is 19.3. The zero-order chi connectivity index (χ0) is 18.3. The number of aromatic nitrogens is 1. The summed E-state index contributed by atoms with van der Waals surface area (Å²) in [6, 6.07) is 0.744. The molecule has 150 valence electrons. The van der Waals surface area contributed by atoms with E-state index >= 15 is 0 Å². The summed E-state index contributed by atoms with van der Waals surface area (Å²) in [6.45, 7) is 8.80. The van der Waals surface area contributed by atoms with E-state index in [2.05, 4.69) is 53.3 Å². The lowest BCUT2D eigenvalue weighted by Crippen LogP contribution is -2.43. The third-order valence-electron chi connectivity index (χ3n) is 4.88. The van der Waals surface area contributed by atoms with Crippen LogP contribution in [0.4, 0.5) is 0 Å². The largest absolute Gasteiger partial charge is 0.443 e. The van der Waals surface area contributed by atoms with E-state index in [4.69, 9.17) is 4.42 Å². The molecule has 2 rings (SSSR count). The fraction of sp³-hybridized carbons (Fsp3) is 0.789. The van der Waals surface area contributed by atoms with E-state index in [0.717, 1.165) is 30.9 Å². The van der Waals surface area contributed by atoms with Gasteiger partial charge in [0.2, 0.25) is 5.89 Å². The van der Waals surface area contributed by atoms with E-state index in [9.17, 15) is 0 Å². The highest BCUT2D eigenvalue weighted by atomic mass is 127. The van der Waals surface area contributed by atoms with E-state index in [1.54, 1.807) is 7.05 Å². The molecule has 26 heavy (non-hydrogen) atoms. The lowest BCUT2D eigenvalue weighted by molar-refractivity contribution is 0.194. The molecule has 1 aromatic rings. The third kappa shape index (κ3) is 7.42. The number of hydrogen-bond donors (Lipinski definition) is 2. The number of rotatable bonds is 6. The summed E-state index contributed by atoms with van der Waals surface area (Å²) >= 11 is 0. The van der Waals surface area contributed by atoms with Gasteiger partial charge in [-0.3, -0.25) is 4.99 Å². The normalized spacial score (nSPS) is 16.5. The first-order valence-corrected chi connectivity index (χ1v) is 9.50. The van der Waals surface area contributed by atoms with Gasteiger partial charge in [-0.15, -0.1) is 24.0 Å². The summed E-state index contributed by atoms with van der Waals surface area (Å²) in [7, 11) is 4.02. The Bertz CT molecular complexity index is 546.